The smallest absolute Gasteiger partial charge is 0.197 e. The normalized spacial score (nSPS) is 21.3. The molecule has 1 atom stereocenters. The number of rotatable bonds is 1. The van der Waals surface area contributed by atoms with Crippen molar-refractivity contribution in [3.05, 3.63) is 28.7 Å². The van der Waals surface area contributed by atoms with Gasteiger partial charge in [0.05, 0.1) is 5.56 Å². The van der Waals surface area contributed by atoms with Gasteiger partial charge in [-0.05, 0) is 12.1 Å². The van der Waals surface area contributed by atoms with E-state index in [4.69, 9.17) is 0 Å². The van der Waals surface area contributed by atoms with E-state index in [1.165, 1.54) is 0 Å². The lowest BCUT2D eigenvalue weighted by Crippen LogP contribution is -2.08. The van der Waals surface area contributed by atoms with E-state index < -0.39 is 0 Å². The topological polar surface area (TPSA) is 61.6 Å². The number of para-hydroxylation sites is 1. The molecule has 1 fully saturated rings. The Labute approximate surface area is 86.1 Å². The molecule has 1 unspecified atom stereocenters. The van der Waals surface area contributed by atoms with Crippen molar-refractivity contribution >= 4 is 11.0 Å². The molecule has 0 amide bonds. The minimum absolute atomic E-state index is 0.0428. The summed E-state index contributed by atoms with van der Waals surface area (Å²) < 4.78 is 1.14. The molecule has 1 aromatic heterocycles. The number of nitrogens with one attached hydrogen (secondary N) is 1. The molecular formula is C10H11N4O+. The van der Waals surface area contributed by atoms with Crippen molar-refractivity contribution in [3.63, 3.8) is 0 Å². The Morgan fingerprint density at radius 2 is 2.33 bits per heavy atom. The lowest BCUT2D eigenvalue weighted by molar-refractivity contribution is -0.570. The molecule has 5 heteroatoms. The molecule has 1 aromatic carbocycles. The molecule has 1 aliphatic heterocycles. The Hall–Kier alpha value is -1.78. The van der Waals surface area contributed by atoms with Gasteiger partial charge in [-0.2, -0.15) is 15.4 Å². The highest BCUT2D eigenvalue weighted by Crippen LogP contribution is 2.31. The zero-order chi connectivity index (χ0) is 10.3. The molecule has 0 aliphatic carbocycles. The summed E-state index contributed by atoms with van der Waals surface area (Å²) in [7, 11) is 0. The van der Waals surface area contributed by atoms with Crippen LogP contribution >= 0.6 is 0 Å². The third kappa shape index (κ3) is 1.23. The zero-order valence-corrected chi connectivity index (χ0v) is 8.18. The van der Waals surface area contributed by atoms with Crippen LogP contribution < -0.4 is 0 Å². The maximum atomic E-state index is 11.6. The average molecular weight is 203 g/mol. The van der Waals surface area contributed by atoms with Crippen molar-refractivity contribution in [3.8, 4) is 0 Å². The summed E-state index contributed by atoms with van der Waals surface area (Å²) in [6, 6.07) is 5.74. The molecule has 15 heavy (non-hydrogen) atoms. The first-order valence-corrected chi connectivity index (χ1v) is 5.09. The molecule has 0 saturated carbocycles. The highest BCUT2D eigenvalue weighted by molar-refractivity contribution is 5.77. The van der Waals surface area contributed by atoms with Crippen LogP contribution in [0.5, 0.6) is 0 Å². The number of hydrogen-bond donors (Lipinski definition) is 1. The maximum Gasteiger partial charge on any atom is 0.228 e. The van der Waals surface area contributed by atoms with E-state index in [9.17, 15) is 4.91 Å². The Bertz CT molecular complexity index is 519. The van der Waals surface area contributed by atoms with Crippen molar-refractivity contribution in [2.75, 3.05) is 6.54 Å². The molecule has 76 valence electrons. The summed E-state index contributed by atoms with van der Waals surface area (Å²) in [5.41, 5.74) is 2.65. The SMILES string of the molecule is O=[N+]1CCCC1c1cccc2n[nH]nc12. The van der Waals surface area contributed by atoms with Gasteiger partial charge in [0.2, 0.25) is 6.04 Å². The number of nitroso groups, excluding NO2 is 1. The summed E-state index contributed by atoms with van der Waals surface area (Å²) >= 11 is 0. The highest BCUT2D eigenvalue weighted by Gasteiger charge is 2.34. The Morgan fingerprint density at radius 3 is 3.13 bits per heavy atom. The number of fused-ring (bicyclic) bond motifs is 1. The molecule has 1 saturated heterocycles. The fourth-order valence-corrected chi connectivity index (χ4v) is 2.21. The number of aromatic nitrogens is 3. The minimum atomic E-state index is -0.0428. The number of benzene rings is 1. The third-order valence-electron chi connectivity index (χ3n) is 2.94. The fraction of sp³-hybridized carbons (Fsp3) is 0.400. The van der Waals surface area contributed by atoms with Crippen LogP contribution in [0.15, 0.2) is 18.2 Å². The van der Waals surface area contributed by atoms with Crippen LogP contribution in [0.25, 0.3) is 11.0 Å². The lowest BCUT2D eigenvalue weighted by Gasteiger charge is -2.01. The molecule has 0 radical (unpaired) electrons. The van der Waals surface area contributed by atoms with Crippen molar-refractivity contribution in [2.45, 2.75) is 18.9 Å². The van der Waals surface area contributed by atoms with Gasteiger partial charge in [-0.1, -0.05) is 6.07 Å². The van der Waals surface area contributed by atoms with E-state index in [0.717, 1.165) is 34.2 Å². The number of nitrogens with zero attached hydrogens (tertiary/aromatic N) is 3. The second kappa shape index (κ2) is 3.12. The van der Waals surface area contributed by atoms with Gasteiger partial charge in [0.15, 0.2) is 6.54 Å². The van der Waals surface area contributed by atoms with Crippen LogP contribution in [0.2, 0.25) is 0 Å². The van der Waals surface area contributed by atoms with Gasteiger partial charge < -0.3 is 0 Å². The summed E-state index contributed by atoms with van der Waals surface area (Å²) in [5, 5.41) is 10.7. The second-order valence-corrected chi connectivity index (χ2v) is 3.84. The van der Waals surface area contributed by atoms with E-state index in [1.54, 1.807) is 0 Å². The van der Waals surface area contributed by atoms with Gasteiger partial charge in [0, 0.05) is 22.5 Å². The average Bonchev–Trinajstić information content (AvgIpc) is 2.85. The van der Waals surface area contributed by atoms with Gasteiger partial charge in [-0.3, -0.25) is 0 Å². The summed E-state index contributed by atoms with van der Waals surface area (Å²) in [4.78, 5) is 11.6. The first kappa shape index (κ1) is 8.52. The van der Waals surface area contributed by atoms with Crippen molar-refractivity contribution in [1.29, 1.82) is 0 Å². The zero-order valence-electron chi connectivity index (χ0n) is 8.18. The number of H-pyrrole nitrogens is 1. The summed E-state index contributed by atoms with van der Waals surface area (Å²) in [6.45, 7) is 0.624. The molecule has 2 aromatic rings. The van der Waals surface area contributed by atoms with Crippen molar-refractivity contribution in [1.82, 2.24) is 15.4 Å². The van der Waals surface area contributed by atoms with Crippen LogP contribution in [-0.2, 0) is 0 Å². The Morgan fingerprint density at radius 1 is 1.40 bits per heavy atom. The van der Waals surface area contributed by atoms with Crippen LogP contribution in [-0.4, -0.2) is 26.7 Å². The quantitative estimate of drug-likeness (QED) is 0.715. The monoisotopic (exact) mass is 203 g/mol. The van der Waals surface area contributed by atoms with E-state index in [1.807, 2.05) is 18.2 Å². The number of aromatic amines is 1. The summed E-state index contributed by atoms with van der Waals surface area (Å²) in [5.74, 6) is 0. The van der Waals surface area contributed by atoms with Crippen LogP contribution in [0.4, 0.5) is 0 Å². The van der Waals surface area contributed by atoms with Crippen molar-refractivity contribution < 1.29 is 4.76 Å². The molecule has 1 aliphatic rings. The van der Waals surface area contributed by atoms with Crippen LogP contribution in [0.3, 0.4) is 0 Å². The molecule has 1 N–H and O–H groups in total. The lowest BCUT2D eigenvalue weighted by atomic mass is 10.0. The molecule has 3 rings (SSSR count). The van der Waals surface area contributed by atoms with Gasteiger partial charge >= 0.3 is 0 Å². The summed E-state index contributed by atoms with van der Waals surface area (Å²) in [6.07, 6.45) is 1.87. The molecule has 0 bridgehead atoms. The highest BCUT2D eigenvalue weighted by atomic mass is 16.3. The van der Waals surface area contributed by atoms with Gasteiger partial charge in [-0.15, -0.1) is 0 Å². The van der Waals surface area contributed by atoms with Crippen LogP contribution in [0, 0.1) is 4.91 Å². The Kier molecular flexibility index (Phi) is 1.77. The maximum absolute atomic E-state index is 11.6. The van der Waals surface area contributed by atoms with Crippen LogP contribution in [0.1, 0.15) is 24.4 Å². The van der Waals surface area contributed by atoms with E-state index in [2.05, 4.69) is 15.4 Å². The molecule has 0 spiro atoms. The predicted octanol–water partition coefficient (Wildman–Crippen LogP) is 1.57. The largest absolute Gasteiger partial charge is 0.228 e. The van der Waals surface area contributed by atoms with Crippen molar-refractivity contribution in [2.24, 2.45) is 0 Å². The first-order valence-electron chi connectivity index (χ1n) is 5.09. The van der Waals surface area contributed by atoms with E-state index >= 15 is 0 Å². The Balaban J connectivity index is 2.17. The molecule has 5 nitrogen and oxygen atoms in total. The van der Waals surface area contributed by atoms with Gasteiger partial charge in [0.25, 0.3) is 0 Å². The molecular weight excluding hydrogens is 192 g/mol. The number of hydrogen-bond acceptors (Lipinski definition) is 3. The first-order chi connectivity index (χ1) is 7.36. The standard InChI is InChI=1S/C10H11N4O/c15-14-6-2-5-9(14)7-3-1-4-8-10(7)12-13-11-8/h1,3-4,9H,2,5-6H2,(H,11,12,13)/q+1. The fourth-order valence-electron chi connectivity index (χ4n) is 2.21. The van der Waals surface area contributed by atoms with Gasteiger partial charge in [0.1, 0.15) is 11.0 Å². The second-order valence-electron chi connectivity index (χ2n) is 3.84. The third-order valence-corrected chi connectivity index (χ3v) is 2.94. The molecule has 2 heterocycles. The predicted molar refractivity (Wildman–Crippen MR) is 54.4 cm³/mol. The van der Waals surface area contributed by atoms with Gasteiger partial charge in [-0.25, -0.2) is 0 Å². The minimum Gasteiger partial charge on any atom is -0.197 e. The van der Waals surface area contributed by atoms with E-state index in [-0.39, 0.29) is 6.04 Å². The van der Waals surface area contributed by atoms with E-state index in [0.29, 0.717) is 6.54 Å².